The number of aromatic nitrogens is 1. The second kappa shape index (κ2) is 6.34. The lowest BCUT2D eigenvalue weighted by Crippen LogP contribution is -2.22. The Kier molecular flexibility index (Phi) is 4.91. The van der Waals surface area contributed by atoms with Crippen molar-refractivity contribution in [2.24, 2.45) is 0 Å². The van der Waals surface area contributed by atoms with Crippen molar-refractivity contribution in [3.8, 4) is 0 Å². The van der Waals surface area contributed by atoms with Gasteiger partial charge in [-0.3, -0.25) is 4.79 Å². The molecule has 1 N–H and O–H groups in total. The SMILES string of the molecule is CC(C)(C)c1ccc(C(=O)NCc2snc(Cl)c2Cl)cc1. The van der Waals surface area contributed by atoms with E-state index >= 15 is 0 Å². The third kappa shape index (κ3) is 3.96. The maximum atomic E-state index is 12.1. The minimum Gasteiger partial charge on any atom is -0.347 e. The minimum atomic E-state index is -0.143. The number of amides is 1. The molecular formula is C15H16Cl2N2OS. The second-order valence-corrected chi connectivity index (χ2v) is 7.31. The molecule has 0 aliphatic heterocycles. The number of benzene rings is 1. The van der Waals surface area contributed by atoms with Crippen LogP contribution in [0, 0.1) is 0 Å². The summed E-state index contributed by atoms with van der Waals surface area (Å²) >= 11 is 12.9. The summed E-state index contributed by atoms with van der Waals surface area (Å²) in [4.78, 5) is 12.8. The molecule has 0 fully saturated rings. The number of rotatable bonds is 3. The molecule has 0 atom stereocenters. The van der Waals surface area contributed by atoms with Crippen molar-refractivity contribution in [1.29, 1.82) is 0 Å². The van der Waals surface area contributed by atoms with Crippen LogP contribution in [0.5, 0.6) is 0 Å². The summed E-state index contributed by atoms with van der Waals surface area (Å²) in [5.41, 5.74) is 1.88. The number of nitrogens with one attached hydrogen (secondary N) is 1. The fourth-order valence-corrected chi connectivity index (χ4v) is 2.92. The lowest BCUT2D eigenvalue weighted by Gasteiger charge is -2.19. The van der Waals surface area contributed by atoms with Gasteiger partial charge in [0.15, 0.2) is 5.15 Å². The fraction of sp³-hybridized carbons (Fsp3) is 0.333. The van der Waals surface area contributed by atoms with E-state index in [2.05, 4.69) is 30.5 Å². The van der Waals surface area contributed by atoms with Gasteiger partial charge in [0.25, 0.3) is 5.91 Å². The van der Waals surface area contributed by atoms with Gasteiger partial charge in [-0.15, -0.1) is 0 Å². The zero-order chi connectivity index (χ0) is 15.6. The van der Waals surface area contributed by atoms with E-state index in [-0.39, 0.29) is 16.5 Å². The zero-order valence-corrected chi connectivity index (χ0v) is 14.4. The van der Waals surface area contributed by atoms with Gasteiger partial charge in [-0.2, -0.15) is 4.37 Å². The van der Waals surface area contributed by atoms with Crippen LogP contribution in [-0.2, 0) is 12.0 Å². The molecule has 1 amide bonds. The quantitative estimate of drug-likeness (QED) is 0.879. The lowest BCUT2D eigenvalue weighted by molar-refractivity contribution is 0.0951. The first-order valence-corrected chi connectivity index (χ1v) is 8.00. The molecule has 112 valence electrons. The van der Waals surface area contributed by atoms with E-state index in [1.807, 2.05) is 24.3 Å². The Labute approximate surface area is 138 Å². The van der Waals surface area contributed by atoms with Gasteiger partial charge >= 0.3 is 0 Å². The van der Waals surface area contributed by atoms with Crippen molar-refractivity contribution in [1.82, 2.24) is 9.69 Å². The molecule has 1 aromatic carbocycles. The number of carbonyl (C=O) groups is 1. The van der Waals surface area contributed by atoms with Gasteiger partial charge in [-0.05, 0) is 34.6 Å². The van der Waals surface area contributed by atoms with Gasteiger partial charge < -0.3 is 5.32 Å². The summed E-state index contributed by atoms with van der Waals surface area (Å²) < 4.78 is 3.93. The monoisotopic (exact) mass is 342 g/mol. The average molecular weight is 343 g/mol. The third-order valence-corrected chi connectivity index (χ3v) is 4.92. The maximum Gasteiger partial charge on any atom is 0.251 e. The Morgan fingerprint density at radius 2 is 1.86 bits per heavy atom. The molecule has 0 saturated heterocycles. The summed E-state index contributed by atoms with van der Waals surface area (Å²) in [5, 5.41) is 3.50. The molecule has 1 heterocycles. The third-order valence-electron chi connectivity index (χ3n) is 3.08. The fourth-order valence-electron chi connectivity index (χ4n) is 1.78. The molecule has 3 nitrogen and oxygen atoms in total. The summed E-state index contributed by atoms with van der Waals surface area (Å²) in [6, 6.07) is 7.62. The topological polar surface area (TPSA) is 42.0 Å². The molecule has 2 rings (SSSR count). The molecule has 21 heavy (non-hydrogen) atoms. The maximum absolute atomic E-state index is 12.1. The number of hydrogen-bond donors (Lipinski definition) is 1. The van der Waals surface area contributed by atoms with Crippen LogP contribution in [-0.4, -0.2) is 10.3 Å². The molecule has 0 saturated carbocycles. The number of carbonyl (C=O) groups excluding carboxylic acids is 1. The first kappa shape index (κ1) is 16.3. The van der Waals surface area contributed by atoms with Gasteiger partial charge in [-0.1, -0.05) is 56.1 Å². The van der Waals surface area contributed by atoms with E-state index in [0.717, 1.165) is 4.88 Å². The van der Waals surface area contributed by atoms with Crippen LogP contribution >= 0.6 is 34.7 Å². The second-order valence-electron chi connectivity index (χ2n) is 5.72. The molecule has 0 unspecified atom stereocenters. The highest BCUT2D eigenvalue weighted by Crippen LogP contribution is 2.28. The van der Waals surface area contributed by atoms with Crippen LogP contribution in [0.3, 0.4) is 0 Å². The van der Waals surface area contributed by atoms with Crippen LogP contribution in [0.25, 0.3) is 0 Å². The first-order valence-electron chi connectivity index (χ1n) is 6.47. The van der Waals surface area contributed by atoms with E-state index < -0.39 is 0 Å². The van der Waals surface area contributed by atoms with Gasteiger partial charge in [0.05, 0.1) is 16.4 Å². The average Bonchev–Trinajstić information content (AvgIpc) is 2.75. The molecule has 0 bridgehead atoms. The Morgan fingerprint density at radius 1 is 1.24 bits per heavy atom. The molecule has 0 aliphatic carbocycles. The van der Waals surface area contributed by atoms with E-state index in [1.165, 1.54) is 17.1 Å². The van der Waals surface area contributed by atoms with E-state index in [1.54, 1.807) is 0 Å². The van der Waals surface area contributed by atoms with E-state index in [9.17, 15) is 4.79 Å². The Bertz CT molecular complexity index is 645. The molecule has 2 aromatic rings. The highest BCUT2D eigenvalue weighted by molar-refractivity contribution is 7.06. The predicted molar refractivity (Wildman–Crippen MR) is 88.4 cm³/mol. The highest BCUT2D eigenvalue weighted by Gasteiger charge is 2.15. The Hall–Kier alpha value is -1.10. The summed E-state index contributed by atoms with van der Waals surface area (Å²) in [6.07, 6.45) is 0. The van der Waals surface area contributed by atoms with Gasteiger partial charge in [-0.25, -0.2) is 0 Å². The molecular weight excluding hydrogens is 327 g/mol. The van der Waals surface area contributed by atoms with E-state index in [4.69, 9.17) is 23.2 Å². The Balaban J connectivity index is 2.02. The lowest BCUT2D eigenvalue weighted by atomic mass is 9.87. The van der Waals surface area contributed by atoms with Gasteiger partial charge in [0.1, 0.15) is 0 Å². The van der Waals surface area contributed by atoms with Crippen molar-refractivity contribution >= 4 is 40.6 Å². The highest BCUT2D eigenvalue weighted by atomic mass is 35.5. The van der Waals surface area contributed by atoms with Crippen LogP contribution in [0.1, 0.15) is 41.6 Å². The summed E-state index contributed by atoms with van der Waals surface area (Å²) in [7, 11) is 0. The smallest absolute Gasteiger partial charge is 0.251 e. The van der Waals surface area contributed by atoms with Crippen molar-refractivity contribution < 1.29 is 4.79 Å². The van der Waals surface area contributed by atoms with Crippen LogP contribution in [0.2, 0.25) is 10.2 Å². The number of hydrogen-bond acceptors (Lipinski definition) is 3. The van der Waals surface area contributed by atoms with Crippen molar-refractivity contribution in [2.45, 2.75) is 32.7 Å². The van der Waals surface area contributed by atoms with E-state index in [0.29, 0.717) is 17.1 Å². The van der Waals surface area contributed by atoms with Crippen molar-refractivity contribution in [3.05, 3.63) is 50.4 Å². The Morgan fingerprint density at radius 3 is 2.33 bits per heavy atom. The summed E-state index contributed by atoms with van der Waals surface area (Å²) in [5.74, 6) is -0.143. The van der Waals surface area contributed by atoms with Crippen LogP contribution < -0.4 is 5.32 Å². The molecule has 6 heteroatoms. The molecule has 0 radical (unpaired) electrons. The van der Waals surface area contributed by atoms with Crippen LogP contribution in [0.4, 0.5) is 0 Å². The molecule has 0 aliphatic rings. The molecule has 1 aromatic heterocycles. The largest absolute Gasteiger partial charge is 0.347 e. The van der Waals surface area contributed by atoms with Gasteiger partial charge in [0, 0.05) is 5.56 Å². The normalized spacial score (nSPS) is 11.5. The standard InChI is InChI=1S/C15H16Cl2N2OS/c1-15(2,3)10-6-4-9(5-7-10)14(20)18-8-11-12(16)13(17)19-21-11/h4-7H,8H2,1-3H3,(H,18,20). The predicted octanol–water partition coefficient (Wildman–Crippen LogP) is 4.68. The molecule has 0 spiro atoms. The number of nitrogens with zero attached hydrogens (tertiary/aromatic N) is 1. The van der Waals surface area contributed by atoms with Gasteiger partial charge in [0.2, 0.25) is 0 Å². The minimum absolute atomic E-state index is 0.0713. The first-order chi connectivity index (χ1) is 9.79. The number of halogens is 2. The van der Waals surface area contributed by atoms with Crippen LogP contribution in [0.15, 0.2) is 24.3 Å². The van der Waals surface area contributed by atoms with Crippen molar-refractivity contribution in [2.75, 3.05) is 0 Å². The van der Waals surface area contributed by atoms with Crippen molar-refractivity contribution in [3.63, 3.8) is 0 Å². The zero-order valence-electron chi connectivity index (χ0n) is 12.0. The summed E-state index contributed by atoms with van der Waals surface area (Å²) in [6.45, 7) is 6.73.